The predicted octanol–water partition coefficient (Wildman–Crippen LogP) is 4.26. The summed E-state index contributed by atoms with van der Waals surface area (Å²) < 4.78 is 6.58. The highest BCUT2D eigenvalue weighted by atomic mass is 127. The van der Waals surface area contributed by atoms with E-state index in [1.165, 1.54) is 18.2 Å². The molecule has 8 heteroatoms. The number of carbonyl (C=O) groups excluding carboxylic acids is 1. The first-order valence-corrected chi connectivity index (χ1v) is 7.99. The van der Waals surface area contributed by atoms with Crippen molar-refractivity contribution in [1.29, 1.82) is 0 Å². The molecule has 0 saturated heterocycles. The van der Waals surface area contributed by atoms with Crippen molar-refractivity contribution < 1.29 is 14.5 Å². The van der Waals surface area contributed by atoms with Gasteiger partial charge in [-0.1, -0.05) is 11.6 Å². The average Bonchev–Trinajstić information content (AvgIpc) is 2.51. The predicted molar refractivity (Wildman–Crippen MR) is 96.0 cm³/mol. The van der Waals surface area contributed by atoms with E-state index in [4.69, 9.17) is 16.3 Å². The van der Waals surface area contributed by atoms with Crippen LogP contribution in [0.5, 0.6) is 5.75 Å². The fourth-order valence-electron chi connectivity index (χ4n) is 1.73. The Morgan fingerprint density at radius 1 is 1.30 bits per heavy atom. The molecule has 0 radical (unpaired) electrons. The van der Waals surface area contributed by atoms with Crippen LogP contribution in [-0.4, -0.2) is 16.9 Å². The van der Waals surface area contributed by atoms with Crippen LogP contribution in [-0.2, 0) is 4.79 Å². The van der Waals surface area contributed by atoms with Gasteiger partial charge < -0.3 is 10.1 Å². The molecular weight excluding hydrogens is 435 g/mol. The Labute approximate surface area is 151 Å². The van der Waals surface area contributed by atoms with Gasteiger partial charge in [-0.15, -0.1) is 0 Å². The number of carbonyl (C=O) groups is 1. The monoisotopic (exact) mass is 446 g/mol. The zero-order valence-electron chi connectivity index (χ0n) is 12.0. The SMILES string of the molecule is CC(Oc1ccc(I)cc1)C(=O)Nc1cc([N+](=O)[O-])ccc1Cl. The minimum absolute atomic E-state index is 0.157. The van der Waals surface area contributed by atoms with Crippen molar-refractivity contribution in [2.75, 3.05) is 5.32 Å². The van der Waals surface area contributed by atoms with Gasteiger partial charge in [0.25, 0.3) is 11.6 Å². The molecule has 0 aliphatic rings. The van der Waals surface area contributed by atoms with Crippen LogP contribution < -0.4 is 10.1 Å². The van der Waals surface area contributed by atoms with Crippen molar-refractivity contribution in [3.8, 4) is 5.75 Å². The minimum Gasteiger partial charge on any atom is -0.481 e. The lowest BCUT2D eigenvalue weighted by molar-refractivity contribution is -0.384. The van der Waals surface area contributed by atoms with E-state index in [1.54, 1.807) is 19.1 Å². The van der Waals surface area contributed by atoms with E-state index in [0.29, 0.717) is 5.75 Å². The van der Waals surface area contributed by atoms with Gasteiger partial charge in [0.15, 0.2) is 6.10 Å². The summed E-state index contributed by atoms with van der Waals surface area (Å²) in [7, 11) is 0. The normalized spacial score (nSPS) is 11.6. The first-order chi connectivity index (χ1) is 10.9. The highest BCUT2D eigenvalue weighted by Crippen LogP contribution is 2.27. The van der Waals surface area contributed by atoms with Crippen molar-refractivity contribution >= 4 is 51.5 Å². The molecule has 23 heavy (non-hydrogen) atoms. The molecule has 1 amide bonds. The Kier molecular flexibility index (Phi) is 5.78. The van der Waals surface area contributed by atoms with E-state index in [1.807, 2.05) is 12.1 Å². The summed E-state index contributed by atoms with van der Waals surface area (Å²) in [6.45, 7) is 1.58. The number of rotatable bonds is 5. The van der Waals surface area contributed by atoms with Gasteiger partial charge in [0.05, 0.1) is 15.6 Å². The number of anilines is 1. The number of non-ortho nitro benzene ring substituents is 1. The van der Waals surface area contributed by atoms with Crippen LogP contribution in [0.1, 0.15) is 6.92 Å². The third-order valence-corrected chi connectivity index (χ3v) is 3.96. The molecule has 0 saturated carbocycles. The molecule has 1 unspecified atom stereocenters. The molecule has 2 aromatic rings. The highest BCUT2D eigenvalue weighted by Gasteiger charge is 2.18. The number of hydrogen-bond donors (Lipinski definition) is 1. The Bertz CT molecular complexity index is 737. The summed E-state index contributed by atoms with van der Waals surface area (Å²) in [5.74, 6) is 0.101. The first kappa shape index (κ1) is 17.5. The summed E-state index contributed by atoms with van der Waals surface area (Å²) in [5.41, 5.74) is 0.0137. The van der Waals surface area contributed by atoms with Crippen LogP contribution in [0, 0.1) is 13.7 Å². The molecule has 0 bridgehead atoms. The Morgan fingerprint density at radius 2 is 1.96 bits per heavy atom. The molecule has 0 fully saturated rings. The third kappa shape index (κ3) is 4.80. The lowest BCUT2D eigenvalue weighted by Crippen LogP contribution is -2.30. The van der Waals surface area contributed by atoms with Gasteiger partial charge in [0, 0.05) is 15.7 Å². The van der Waals surface area contributed by atoms with Crippen molar-refractivity contribution in [2.24, 2.45) is 0 Å². The lowest BCUT2D eigenvalue weighted by Gasteiger charge is -2.15. The number of nitro benzene ring substituents is 1. The second-order valence-electron chi connectivity index (χ2n) is 4.62. The second-order valence-corrected chi connectivity index (χ2v) is 6.28. The highest BCUT2D eigenvalue weighted by molar-refractivity contribution is 14.1. The maximum Gasteiger partial charge on any atom is 0.271 e. The molecule has 0 aromatic heterocycles. The number of ether oxygens (including phenoxy) is 1. The standard InChI is InChI=1S/C15H12ClIN2O4/c1-9(23-12-5-2-10(17)3-6-12)15(20)18-14-8-11(19(21)22)4-7-13(14)16/h2-9H,1H3,(H,18,20). The van der Waals surface area contributed by atoms with Gasteiger partial charge in [0.1, 0.15) is 5.75 Å². The largest absolute Gasteiger partial charge is 0.481 e. The fourth-order valence-corrected chi connectivity index (χ4v) is 2.25. The summed E-state index contributed by atoms with van der Waals surface area (Å²) in [4.78, 5) is 22.4. The Morgan fingerprint density at radius 3 is 2.57 bits per heavy atom. The van der Waals surface area contributed by atoms with E-state index < -0.39 is 16.9 Å². The lowest BCUT2D eigenvalue weighted by atomic mass is 10.2. The summed E-state index contributed by atoms with van der Waals surface area (Å²) in [6, 6.07) is 11.1. The average molecular weight is 447 g/mol. The van der Waals surface area contributed by atoms with E-state index in [-0.39, 0.29) is 16.4 Å². The summed E-state index contributed by atoms with van der Waals surface area (Å²) in [5, 5.41) is 13.5. The summed E-state index contributed by atoms with van der Waals surface area (Å²) in [6.07, 6.45) is -0.787. The van der Waals surface area contributed by atoms with Crippen LogP contribution in [0.25, 0.3) is 0 Å². The minimum atomic E-state index is -0.787. The van der Waals surface area contributed by atoms with Gasteiger partial charge >= 0.3 is 0 Å². The van der Waals surface area contributed by atoms with Crippen LogP contribution >= 0.6 is 34.2 Å². The smallest absolute Gasteiger partial charge is 0.271 e. The van der Waals surface area contributed by atoms with Crippen LogP contribution in [0.15, 0.2) is 42.5 Å². The molecule has 2 aromatic carbocycles. The zero-order valence-corrected chi connectivity index (χ0v) is 14.9. The van der Waals surface area contributed by atoms with E-state index >= 15 is 0 Å². The molecule has 1 N–H and O–H groups in total. The molecule has 0 aliphatic carbocycles. The van der Waals surface area contributed by atoms with Gasteiger partial charge in [-0.2, -0.15) is 0 Å². The molecule has 0 spiro atoms. The number of halogens is 2. The van der Waals surface area contributed by atoms with Crippen LogP contribution in [0.2, 0.25) is 5.02 Å². The number of hydrogen-bond acceptors (Lipinski definition) is 4. The van der Waals surface area contributed by atoms with E-state index in [9.17, 15) is 14.9 Å². The van der Waals surface area contributed by atoms with Crippen molar-refractivity contribution in [2.45, 2.75) is 13.0 Å². The molecule has 1 atom stereocenters. The zero-order chi connectivity index (χ0) is 17.0. The second kappa shape index (κ2) is 7.60. The van der Waals surface area contributed by atoms with E-state index in [0.717, 1.165) is 3.57 Å². The van der Waals surface area contributed by atoms with Gasteiger partial charge in [-0.3, -0.25) is 14.9 Å². The van der Waals surface area contributed by atoms with Gasteiger partial charge in [0.2, 0.25) is 0 Å². The fraction of sp³-hybridized carbons (Fsp3) is 0.133. The number of amides is 1. The Balaban J connectivity index is 2.07. The third-order valence-electron chi connectivity index (χ3n) is 2.91. The molecule has 0 heterocycles. The van der Waals surface area contributed by atoms with E-state index in [2.05, 4.69) is 27.9 Å². The number of benzene rings is 2. The van der Waals surface area contributed by atoms with Crippen molar-refractivity contribution in [3.63, 3.8) is 0 Å². The number of nitrogens with zero attached hydrogens (tertiary/aromatic N) is 1. The first-order valence-electron chi connectivity index (χ1n) is 6.54. The van der Waals surface area contributed by atoms with Crippen LogP contribution in [0.4, 0.5) is 11.4 Å². The van der Waals surface area contributed by atoms with Crippen molar-refractivity contribution in [1.82, 2.24) is 0 Å². The maximum absolute atomic E-state index is 12.2. The molecular formula is C15H12ClIN2O4. The Hall–Kier alpha value is -1.87. The topological polar surface area (TPSA) is 81.5 Å². The molecule has 6 nitrogen and oxygen atoms in total. The maximum atomic E-state index is 12.2. The quantitative estimate of drug-likeness (QED) is 0.423. The number of nitro groups is 1. The molecule has 0 aliphatic heterocycles. The van der Waals surface area contributed by atoms with Crippen LogP contribution in [0.3, 0.4) is 0 Å². The number of nitrogens with one attached hydrogen (secondary N) is 1. The summed E-state index contributed by atoms with van der Waals surface area (Å²) >= 11 is 8.11. The van der Waals surface area contributed by atoms with Gasteiger partial charge in [-0.05, 0) is 59.8 Å². The molecule has 120 valence electrons. The van der Waals surface area contributed by atoms with Crippen molar-refractivity contribution in [3.05, 3.63) is 61.2 Å². The molecule has 2 rings (SSSR count). The van der Waals surface area contributed by atoms with Gasteiger partial charge in [-0.25, -0.2) is 0 Å².